The summed E-state index contributed by atoms with van der Waals surface area (Å²) in [7, 11) is 0. The van der Waals surface area contributed by atoms with Crippen LogP contribution in [0, 0.1) is 16.7 Å². The molecule has 1 heterocycles. The van der Waals surface area contributed by atoms with Crippen LogP contribution in [-0.4, -0.2) is 23.4 Å². The molecule has 1 atom stereocenters. The zero-order valence-electron chi connectivity index (χ0n) is 10.7. The fraction of sp³-hybridized carbons (Fsp3) is 0.857. The highest BCUT2D eigenvalue weighted by molar-refractivity contribution is 5.86. The first-order chi connectivity index (χ1) is 8.19. The monoisotopic (exact) mass is 234 g/mol. The van der Waals surface area contributed by atoms with Crippen LogP contribution in [0.5, 0.6) is 0 Å². The molecule has 1 aliphatic carbocycles. The second-order valence-corrected chi connectivity index (χ2v) is 5.60. The third-order valence-electron chi connectivity index (χ3n) is 4.39. The van der Waals surface area contributed by atoms with Gasteiger partial charge >= 0.3 is 0 Å². The zero-order chi connectivity index (χ0) is 12.3. The van der Waals surface area contributed by atoms with E-state index in [0.29, 0.717) is 6.04 Å². The molecule has 94 valence electrons. The zero-order valence-corrected chi connectivity index (χ0v) is 10.7. The summed E-state index contributed by atoms with van der Waals surface area (Å²) in [5.41, 5.74) is -0.682. The Morgan fingerprint density at radius 1 is 1.24 bits per heavy atom. The van der Waals surface area contributed by atoms with Gasteiger partial charge in [0.05, 0.1) is 6.07 Å². The molecule has 0 spiro atoms. The lowest BCUT2D eigenvalue weighted by Gasteiger charge is -2.33. The number of nitrogens with zero attached hydrogens (tertiary/aromatic N) is 2. The normalized spacial score (nSPS) is 28.5. The third kappa shape index (κ3) is 2.31. The molecule has 3 nitrogen and oxygen atoms in total. The van der Waals surface area contributed by atoms with Gasteiger partial charge in [-0.2, -0.15) is 5.26 Å². The van der Waals surface area contributed by atoms with Crippen molar-refractivity contribution in [2.75, 3.05) is 6.54 Å². The number of carbonyl (C=O) groups is 1. The molecular weight excluding hydrogens is 212 g/mol. The van der Waals surface area contributed by atoms with Gasteiger partial charge in [-0.05, 0) is 32.6 Å². The van der Waals surface area contributed by atoms with E-state index in [1.807, 2.05) is 4.90 Å². The minimum absolute atomic E-state index is 0.118. The van der Waals surface area contributed by atoms with Crippen molar-refractivity contribution >= 4 is 5.91 Å². The number of likely N-dealkylation sites (tertiary alicyclic amines) is 1. The molecular formula is C14H22N2O. The molecule has 1 saturated carbocycles. The number of rotatable bonds is 1. The molecule has 1 aliphatic heterocycles. The molecule has 3 heteroatoms. The average molecular weight is 234 g/mol. The van der Waals surface area contributed by atoms with E-state index in [9.17, 15) is 10.1 Å². The van der Waals surface area contributed by atoms with E-state index in [4.69, 9.17) is 0 Å². The van der Waals surface area contributed by atoms with E-state index < -0.39 is 5.41 Å². The predicted molar refractivity (Wildman–Crippen MR) is 66.2 cm³/mol. The van der Waals surface area contributed by atoms with Crippen LogP contribution in [0.1, 0.15) is 58.3 Å². The highest BCUT2D eigenvalue weighted by atomic mass is 16.2. The summed E-state index contributed by atoms with van der Waals surface area (Å²) in [6, 6.07) is 2.64. The maximum Gasteiger partial charge on any atom is 0.243 e. The smallest absolute Gasteiger partial charge is 0.243 e. The Hall–Kier alpha value is -1.04. The summed E-state index contributed by atoms with van der Waals surface area (Å²) in [6.45, 7) is 2.98. The Labute approximate surface area is 104 Å². The van der Waals surface area contributed by atoms with Crippen LogP contribution in [0.3, 0.4) is 0 Å². The van der Waals surface area contributed by atoms with E-state index in [1.54, 1.807) is 0 Å². The summed E-state index contributed by atoms with van der Waals surface area (Å²) < 4.78 is 0. The lowest BCUT2D eigenvalue weighted by molar-refractivity contribution is -0.140. The topological polar surface area (TPSA) is 44.1 Å². The van der Waals surface area contributed by atoms with Gasteiger partial charge < -0.3 is 4.90 Å². The van der Waals surface area contributed by atoms with Gasteiger partial charge in [-0.3, -0.25) is 4.79 Å². The van der Waals surface area contributed by atoms with E-state index in [1.165, 1.54) is 12.8 Å². The summed E-state index contributed by atoms with van der Waals surface area (Å²) in [6.07, 6.45) is 8.21. The lowest BCUT2D eigenvalue weighted by Crippen LogP contribution is -2.46. The number of amides is 1. The van der Waals surface area contributed by atoms with Crippen molar-refractivity contribution in [2.45, 2.75) is 64.3 Å². The predicted octanol–water partition coefficient (Wildman–Crippen LogP) is 2.86. The summed E-state index contributed by atoms with van der Waals surface area (Å²) in [5, 5.41) is 9.38. The molecule has 0 aromatic rings. The van der Waals surface area contributed by atoms with Gasteiger partial charge in [0.1, 0.15) is 5.41 Å². The van der Waals surface area contributed by atoms with Gasteiger partial charge in [-0.1, -0.05) is 25.7 Å². The summed E-state index contributed by atoms with van der Waals surface area (Å²) in [5.74, 6) is 0.118. The number of nitriles is 1. The number of carbonyl (C=O) groups excluding carboxylic acids is 1. The first-order valence-electron chi connectivity index (χ1n) is 6.92. The van der Waals surface area contributed by atoms with Gasteiger partial charge in [0.15, 0.2) is 0 Å². The molecule has 0 N–H and O–H groups in total. The second kappa shape index (κ2) is 5.08. The van der Waals surface area contributed by atoms with Gasteiger partial charge in [-0.15, -0.1) is 0 Å². The van der Waals surface area contributed by atoms with Gasteiger partial charge in [0, 0.05) is 12.6 Å². The minimum atomic E-state index is -0.682. The molecule has 1 amide bonds. The molecule has 2 fully saturated rings. The van der Waals surface area contributed by atoms with Gasteiger partial charge in [0.2, 0.25) is 5.91 Å². The lowest BCUT2D eigenvalue weighted by atomic mass is 9.86. The van der Waals surface area contributed by atoms with Crippen LogP contribution in [-0.2, 0) is 4.79 Å². The Morgan fingerprint density at radius 2 is 1.94 bits per heavy atom. The number of hydrogen-bond acceptors (Lipinski definition) is 2. The molecule has 1 unspecified atom stereocenters. The van der Waals surface area contributed by atoms with Crippen molar-refractivity contribution in [3.8, 4) is 6.07 Å². The Kier molecular flexibility index (Phi) is 3.71. The highest BCUT2D eigenvalue weighted by Gasteiger charge is 2.44. The van der Waals surface area contributed by atoms with Gasteiger partial charge in [0.25, 0.3) is 0 Å². The molecule has 0 radical (unpaired) electrons. The first kappa shape index (κ1) is 12.4. The van der Waals surface area contributed by atoms with Crippen LogP contribution in [0.2, 0.25) is 0 Å². The van der Waals surface area contributed by atoms with Crippen molar-refractivity contribution in [3.05, 3.63) is 0 Å². The fourth-order valence-corrected chi connectivity index (χ4v) is 3.20. The number of hydrogen-bond donors (Lipinski definition) is 0. The minimum Gasteiger partial charge on any atom is -0.339 e. The molecule has 0 aromatic heterocycles. The molecule has 2 rings (SSSR count). The van der Waals surface area contributed by atoms with Crippen molar-refractivity contribution in [2.24, 2.45) is 5.41 Å². The van der Waals surface area contributed by atoms with Crippen LogP contribution in [0.15, 0.2) is 0 Å². The van der Waals surface area contributed by atoms with Crippen molar-refractivity contribution in [1.82, 2.24) is 4.90 Å². The van der Waals surface area contributed by atoms with Crippen molar-refractivity contribution in [1.29, 1.82) is 5.26 Å². The van der Waals surface area contributed by atoms with Crippen LogP contribution in [0.25, 0.3) is 0 Å². The molecule has 0 aromatic carbocycles. The second-order valence-electron chi connectivity index (χ2n) is 5.60. The van der Waals surface area contributed by atoms with E-state index in [2.05, 4.69) is 13.0 Å². The largest absolute Gasteiger partial charge is 0.339 e. The summed E-state index contributed by atoms with van der Waals surface area (Å²) in [4.78, 5) is 14.6. The van der Waals surface area contributed by atoms with E-state index in [-0.39, 0.29) is 5.91 Å². The van der Waals surface area contributed by atoms with E-state index in [0.717, 1.165) is 45.1 Å². The third-order valence-corrected chi connectivity index (χ3v) is 4.39. The SMILES string of the molecule is CC1CCCCCN1C(=O)C1(C#N)CCCC1. The van der Waals surface area contributed by atoms with Crippen LogP contribution in [0.4, 0.5) is 0 Å². The highest BCUT2D eigenvalue weighted by Crippen LogP contribution is 2.40. The van der Waals surface area contributed by atoms with Crippen molar-refractivity contribution < 1.29 is 4.79 Å². The molecule has 17 heavy (non-hydrogen) atoms. The Bertz CT molecular complexity index is 326. The van der Waals surface area contributed by atoms with Crippen molar-refractivity contribution in [3.63, 3.8) is 0 Å². The van der Waals surface area contributed by atoms with E-state index >= 15 is 0 Å². The Morgan fingerprint density at radius 3 is 2.59 bits per heavy atom. The maximum absolute atomic E-state index is 12.6. The van der Waals surface area contributed by atoms with Crippen LogP contribution >= 0.6 is 0 Å². The fourth-order valence-electron chi connectivity index (χ4n) is 3.20. The quantitative estimate of drug-likeness (QED) is 0.700. The van der Waals surface area contributed by atoms with Crippen LogP contribution < -0.4 is 0 Å². The maximum atomic E-state index is 12.6. The van der Waals surface area contributed by atoms with Gasteiger partial charge in [-0.25, -0.2) is 0 Å². The molecule has 0 bridgehead atoms. The summed E-state index contributed by atoms with van der Waals surface area (Å²) >= 11 is 0. The Balaban J connectivity index is 2.14. The molecule has 2 aliphatic rings. The first-order valence-corrected chi connectivity index (χ1v) is 6.92. The average Bonchev–Trinajstić information content (AvgIpc) is 2.73. The molecule has 1 saturated heterocycles. The standard InChI is InChI=1S/C14H22N2O/c1-12-7-3-2-6-10-16(12)13(17)14(11-15)8-4-5-9-14/h12H,2-10H2,1H3.